The summed E-state index contributed by atoms with van der Waals surface area (Å²) in [7, 11) is 13.7. The van der Waals surface area contributed by atoms with Gasteiger partial charge in [-0.15, -0.1) is 0 Å². The van der Waals surface area contributed by atoms with Crippen molar-refractivity contribution < 1.29 is 28.8 Å². The molecule has 0 radical (unpaired) electrons. The standard InChI is InChI=1S/2C13H30N.C8H6O4/c2*1-5-6-7-8-9-10-11-12-13-14(2,3)4;9-7(10)5-1-2-6(4-3-5)8(11)12/h2*5-13H2,1-4H3;1-4H,(H,9,10)(H,11,12)/q2*+1;. The molecule has 0 aliphatic heterocycles. The largest absolute Gasteiger partial charge is 0.478 e. The summed E-state index contributed by atoms with van der Waals surface area (Å²) in [6.07, 6.45) is 22.9. The number of aromatic carboxylic acids is 2. The smallest absolute Gasteiger partial charge is 0.335 e. The fraction of sp³-hybridized carbons (Fsp3) is 0.765. The fourth-order valence-corrected chi connectivity index (χ4v) is 4.20. The molecule has 234 valence electrons. The lowest BCUT2D eigenvalue weighted by Gasteiger charge is -2.23. The Bertz CT molecular complexity index is 671. The van der Waals surface area contributed by atoms with Gasteiger partial charge in [0.05, 0.1) is 66.5 Å². The molecule has 0 saturated carbocycles. The van der Waals surface area contributed by atoms with Gasteiger partial charge in [0.25, 0.3) is 0 Å². The van der Waals surface area contributed by atoms with E-state index in [1.165, 1.54) is 140 Å². The number of carbonyl (C=O) groups is 2. The van der Waals surface area contributed by atoms with Crippen molar-refractivity contribution in [1.82, 2.24) is 0 Å². The van der Waals surface area contributed by atoms with E-state index < -0.39 is 11.9 Å². The zero-order chi connectivity index (χ0) is 30.9. The Morgan fingerprint density at radius 2 is 0.700 bits per heavy atom. The van der Waals surface area contributed by atoms with Crippen LogP contribution in [0.4, 0.5) is 0 Å². The summed E-state index contributed by atoms with van der Waals surface area (Å²) in [6, 6.07) is 5.02. The van der Waals surface area contributed by atoms with Crippen LogP contribution in [0.1, 0.15) is 137 Å². The number of carboxylic acid groups (broad SMARTS) is 2. The molecule has 0 saturated heterocycles. The molecular weight excluding hydrogens is 500 g/mol. The van der Waals surface area contributed by atoms with Crippen LogP contribution in [-0.2, 0) is 0 Å². The minimum absolute atomic E-state index is 0.0833. The highest BCUT2D eigenvalue weighted by Crippen LogP contribution is 2.10. The van der Waals surface area contributed by atoms with E-state index in [2.05, 4.69) is 56.1 Å². The minimum atomic E-state index is -1.06. The third kappa shape index (κ3) is 30.6. The Morgan fingerprint density at radius 3 is 0.900 bits per heavy atom. The summed E-state index contributed by atoms with van der Waals surface area (Å²) in [5.41, 5.74) is 0.167. The van der Waals surface area contributed by atoms with Gasteiger partial charge in [-0.25, -0.2) is 9.59 Å². The van der Waals surface area contributed by atoms with Gasteiger partial charge >= 0.3 is 11.9 Å². The predicted octanol–water partition coefficient (Wildman–Crippen LogP) is 8.75. The van der Waals surface area contributed by atoms with Crippen molar-refractivity contribution in [1.29, 1.82) is 0 Å². The molecule has 6 heteroatoms. The monoisotopic (exact) mass is 567 g/mol. The van der Waals surface area contributed by atoms with Gasteiger partial charge in [0.2, 0.25) is 0 Å². The van der Waals surface area contributed by atoms with Crippen LogP contribution in [0, 0.1) is 0 Å². The predicted molar refractivity (Wildman–Crippen MR) is 171 cm³/mol. The van der Waals surface area contributed by atoms with E-state index in [0.717, 1.165) is 8.97 Å². The molecule has 1 rings (SSSR count). The SMILES string of the molecule is CCCCCCCCCC[N+](C)(C)C.CCCCCCCCCC[N+](C)(C)C.O=C(O)c1ccc(C(=O)O)cc1. The second-order valence-electron chi connectivity index (χ2n) is 13.2. The quantitative estimate of drug-likeness (QED) is 0.122. The molecule has 0 heterocycles. The molecule has 0 amide bonds. The first-order valence-corrected chi connectivity index (χ1v) is 15.9. The highest BCUT2D eigenvalue weighted by molar-refractivity contribution is 5.91. The van der Waals surface area contributed by atoms with E-state index in [4.69, 9.17) is 10.2 Å². The Balaban J connectivity index is 0. The summed E-state index contributed by atoms with van der Waals surface area (Å²) in [5.74, 6) is -2.13. The number of unbranched alkanes of at least 4 members (excludes halogenated alkanes) is 14. The van der Waals surface area contributed by atoms with Gasteiger partial charge in [-0.2, -0.15) is 0 Å². The average molecular weight is 567 g/mol. The zero-order valence-corrected chi connectivity index (χ0v) is 27.6. The molecule has 6 nitrogen and oxygen atoms in total. The molecule has 1 aromatic rings. The topological polar surface area (TPSA) is 74.6 Å². The van der Waals surface area contributed by atoms with Gasteiger partial charge in [0, 0.05) is 0 Å². The number of rotatable bonds is 20. The van der Waals surface area contributed by atoms with Crippen LogP contribution < -0.4 is 0 Å². The molecule has 1 aromatic carbocycles. The number of hydrogen-bond donors (Lipinski definition) is 2. The summed E-state index contributed by atoms with van der Waals surface area (Å²) in [5, 5.41) is 16.9. The maximum absolute atomic E-state index is 10.3. The number of benzene rings is 1. The molecule has 0 fully saturated rings. The number of nitrogens with zero attached hydrogens (tertiary/aromatic N) is 2. The van der Waals surface area contributed by atoms with Crippen molar-refractivity contribution in [2.75, 3.05) is 55.4 Å². The lowest BCUT2D eigenvalue weighted by molar-refractivity contribution is -0.870. The zero-order valence-electron chi connectivity index (χ0n) is 27.6. The van der Waals surface area contributed by atoms with Crippen molar-refractivity contribution >= 4 is 11.9 Å². The Labute approximate surface area is 248 Å². The first kappa shape index (κ1) is 40.2. The van der Waals surface area contributed by atoms with E-state index in [1.807, 2.05) is 0 Å². The van der Waals surface area contributed by atoms with Crippen LogP contribution in [0.2, 0.25) is 0 Å². The maximum Gasteiger partial charge on any atom is 0.335 e. The molecule has 0 spiro atoms. The molecule has 0 aliphatic carbocycles. The van der Waals surface area contributed by atoms with E-state index in [9.17, 15) is 9.59 Å². The number of carboxylic acids is 2. The summed E-state index contributed by atoms with van der Waals surface area (Å²) < 4.78 is 2.24. The van der Waals surface area contributed by atoms with Gasteiger partial charge in [0.1, 0.15) is 0 Å². The van der Waals surface area contributed by atoms with Crippen LogP contribution in [0.15, 0.2) is 24.3 Å². The molecule has 0 atom stereocenters. The lowest BCUT2D eigenvalue weighted by atomic mass is 10.1. The summed E-state index contributed by atoms with van der Waals surface area (Å²) in [6.45, 7) is 7.21. The van der Waals surface area contributed by atoms with Gasteiger partial charge in [-0.3, -0.25) is 0 Å². The normalized spacial score (nSPS) is 11.2. The van der Waals surface area contributed by atoms with E-state index >= 15 is 0 Å². The third-order valence-corrected chi connectivity index (χ3v) is 6.74. The second kappa shape index (κ2) is 24.8. The minimum Gasteiger partial charge on any atom is -0.478 e. The first-order valence-electron chi connectivity index (χ1n) is 15.9. The molecule has 0 aromatic heterocycles. The Morgan fingerprint density at radius 1 is 0.475 bits per heavy atom. The fourth-order valence-electron chi connectivity index (χ4n) is 4.20. The van der Waals surface area contributed by atoms with E-state index in [0.29, 0.717) is 0 Å². The highest BCUT2D eigenvalue weighted by atomic mass is 16.4. The third-order valence-electron chi connectivity index (χ3n) is 6.74. The van der Waals surface area contributed by atoms with Crippen molar-refractivity contribution in [2.24, 2.45) is 0 Å². The van der Waals surface area contributed by atoms with Crippen molar-refractivity contribution in [3.05, 3.63) is 35.4 Å². The first-order chi connectivity index (χ1) is 18.7. The van der Waals surface area contributed by atoms with Crippen LogP contribution >= 0.6 is 0 Å². The van der Waals surface area contributed by atoms with Gasteiger partial charge in [-0.1, -0.05) is 90.9 Å². The van der Waals surface area contributed by atoms with Gasteiger partial charge in [-0.05, 0) is 49.9 Å². The molecule has 0 unspecified atom stereocenters. The van der Waals surface area contributed by atoms with Gasteiger partial charge < -0.3 is 19.2 Å². The average Bonchev–Trinajstić information content (AvgIpc) is 2.87. The number of hydrogen-bond acceptors (Lipinski definition) is 2. The Hall–Kier alpha value is -1.92. The summed E-state index contributed by atoms with van der Waals surface area (Å²) >= 11 is 0. The van der Waals surface area contributed by atoms with Gasteiger partial charge in [0.15, 0.2) is 0 Å². The van der Waals surface area contributed by atoms with Crippen molar-refractivity contribution in [3.63, 3.8) is 0 Å². The summed E-state index contributed by atoms with van der Waals surface area (Å²) in [4.78, 5) is 20.7. The van der Waals surface area contributed by atoms with Crippen LogP contribution in [-0.4, -0.2) is 86.5 Å². The lowest BCUT2D eigenvalue weighted by Crippen LogP contribution is -2.35. The van der Waals surface area contributed by atoms with Crippen LogP contribution in [0.25, 0.3) is 0 Å². The van der Waals surface area contributed by atoms with E-state index in [1.54, 1.807) is 0 Å². The molecule has 0 aliphatic rings. The maximum atomic E-state index is 10.3. The van der Waals surface area contributed by atoms with Crippen LogP contribution in [0.5, 0.6) is 0 Å². The number of quaternary nitrogens is 2. The molecule has 0 bridgehead atoms. The molecular formula is C34H66N2O4+2. The molecule has 2 N–H and O–H groups in total. The Kier molecular flexibility index (Phi) is 25.0. The van der Waals surface area contributed by atoms with E-state index in [-0.39, 0.29) is 11.1 Å². The molecule has 40 heavy (non-hydrogen) atoms. The highest BCUT2D eigenvalue weighted by Gasteiger charge is 2.06. The van der Waals surface area contributed by atoms with Crippen molar-refractivity contribution in [3.8, 4) is 0 Å². The van der Waals surface area contributed by atoms with Crippen LogP contribution in [0.3, 0.4) is 0 Å². The second-order valence-corrected chi connectivity index (χ2v) is 13.2. The van der Waals surface area contributed by atoms with Crippen molar-refractivity contribution in [2.45, 2.75) is 117 Å².